The number of ketones is 2. The summed E-state index contributed by atoms with van der Waals surface area (Å²) in [4.78, 5) is 26.0. The molecule has 0 radical (unpaired) electrons. The van der Waals surface area contributed by atoms with Crippen molar-refractivity contribution in [1.29, 1.82) is 0 Å². The van der Waals surface area contributed by atoms with Gasteiger partial charge in [0.05, 0.1) is 18.0 Å². The minimum Gasteiger partial charge on any atom is -0.494 e. The second-order valence-corrected chi connectivity index (χ2v) is 12.4. The largest absolute Gasteiger partial charge is 0.494 e. The minimum absolute atomic E-state index is 0.0558. The number of allylic oxidation sites excluding steroid dienone is 1. The van der Waals surface area contributed by atoms with Crippen molar-refractivity contribution in [3.8, 4) is 0 Å². The number of aliphatic hydroxyl groups excluding tert-OH is 1. The van der Waals surface area contributed by atoms with Gasteiger partial charge in [0.25, 0.3) is 0 Å². The second-order valence-electron chi connectivity index (χ2n) is 12.4. The van der Waals surface area contributed by atoms with Gasteiger partial charge >= 0.3 is 0 Å². The summed E-state index contributed by atoms with van der Waals surface area (Å²) >= 11 is 0. The zero-order valence-corrected chi connectivity index (χ0v) is 20.2. The molecule has 2 N–H and O–H groups in total. The van der Waals surface area contributed by atoms with E-state index in [-0.39, 0.29) is 29.5 Å². The number of fused-ring (bicyclic) bond motifs is 7. The van der Waals surface area contributed by atoms with Crippen LogP contribution in [-0.2, 0) is 14.3 Å². The first-order chi connectivity index (χ1) is 15.0. The van der Waals surface area contributed by atoms with Gasteiger partial charge in [0.1, 0.15) is 17.7 Å². The highest BCUT2D eigenvalue weighted by molar-refractivity contribution is 5.88. The Morgan fingerprint density at radius 1 is 1.16 bits per heavy atom. The summed E-state index contributed by atoms with van der Waals surface area (Å²) in [5.74, 6) is 3.63. The van der Waals surface area contributed by atoms with Crippen LogP contribution >= 0.6 is 0 Å². The van der Waals surface area contributed by atoms with E-state index < -0.39 is 5.60 Å². The topological polar surface area (TPSA) is 83.8 Å². The standard InChI is InChI=1S/C27H40O5/c1-15-21(8-9-25(2,31)14-28)32-22-12-20-18-6-5-16-11-17(29)7-10-26(16,3)19(18)13-23(30)27(20,4)24(15)22/h16,18-20,22,24,28,31H,5-14H2,1-4H3/t16-,18+,19-,20-,22-,24-,25-,26-,27+/m0/s1. The first kappa shape index (κ1) is 22.6. The molecular formula is C27H40O5. The normalized spacial score (nSPS) is 47.3. The fourth-order valence-corrected chi connectivity index (χ4v) is 8.77. The monoisotopic (exact) mass is 444 g/mol. The number of hydrogen-bond donors (Lipinski definition) is 2. The molecule has 5 aliphatic rings. The third kappa shape index (κ3) is 3.10. The maximum atomic E-state index is 13.9. The minimum atomic E-state index is -1.11. The van der Waals surface area contributed by atoms with Gasteiger partial charge in [-0.3, -0.25) is 9.59 Å². The molecule has 0 spiro atoms. The number of aliphatic hydroxyl groups is 2. The van der Waals surface area contributed by atoms with Crippen LogP contribution in [0.1, 0.15) is 85.5 Å². The number of carbonyl (C=O) groups excluding carboxylic acids is 2. The number of carbonyl (C=O) groups is 2. The predicted molar refractivity (Wildman–Crippen MR) is 121 cm³/mol. The zero-order chi connectivity index (χ0) is 23.1. The quantitative estimate of drug-likeness (QED) is 0.679. The van der Waals surface area contributed by atoms with E-state index in [9.17, 15) is 19.8 Å². The van der Waals surface area contributed by atoms with Crippen LogP contribution in [-0.4, -0.2) is 40.1 Å². The third-order valence-electron chi connectivity index (χ3n) is 10.8. The summed E-state index contributed by atoms with van der Waals surface area (Å²) in [7, 11) is 0. The Hall–Kier alpha value is -1.20. The van der Waals surface area contributed by atoms with Gasteiger partial charge < -0.3 is 14.9 Å². The van der Waals surface area contributed by atoms with Gasteiger partial charge in [-0.2, -0.15) is 0 Å². The molecule has 178 valence electrons. The Balaban J connectivity index is 1.41. The Labute approximate surface area is 192 Å². The molecule has 5 rings (SSSR count). The smallest absolute Gasteiger partial charge is 0.140 e. The van der Waals surface area contributed by atoms with E-state index in [0.717, 1.165) is 31.4 Å². The second kappa shape index (κ2) is 7.40. The van der Waals surface area contributed by atoms with Crippen molar-refractivity contribution in [3.63, 3.8) is 0 Å². The van der Waals surface area contributed by atoms with E-state index in [1.807, 2.05) is 0 Å². The summed E-state index contributed by atoms with van der Waals surface area (Å²) in [5.41, 5.74) is -0.170. The van der Waals surface area contributed by atoms with Crippen molar-refractivity contribution in [3.05, 3.63) is 11.3 Å². The summed E-state index contributed by atoms with van der Waals surface area (Å²) in [6, 6.07) is 0. The molecular weight excluding hydrogens is 404 g/mol. The SMILES string of the molecule is CC1=C(CC[C@](C)(O)CO)O[C@H]2C[C@H]3[C@@H]4CC[C@H]5CC(=O)CC[C@]5(C)[C@H]4CC(=O)[C@]3(C)[C@@H]12. The Morgan fingerprint density at radius 2 is 1.91 bits per heavy atom. The number of ether oxygens (including phenoxy) is 1. The molecule has 1 aliphatic heterocycles. The molecule has 0 unspecified atom stereocenters. The fourth-order valence-electron chi connectivity index (χ4n) is 8.77. The van der Waals surface area contributed by atoms with E-state index in [4.69, 9.17) is 4.74 Å². The predicted octanol–water partition coefficient (Wildman–Crippen LogP) is 4.20. The summed E-state index contributed by atoms with van der Waals surface area (Å²) in [6.45, 7) is 8.08. The van der Waals surface area contributed by atoms with Gasteiger partial charge in [0, 0.05) is 37.0 Å². The molecule has 4 fully saturated rings. The first-order valence-electron chi connectivity index (χ1n) is 12.8. The highest BCUT2D eigenvalue weighted by atomic mass is 16.5. The highest BCUT2D eigenvalue weighted by Crippen LogP contribution is 2.68. The summed E-state index contributed by atoms with van der Waals surface area (Å²) in [6.07, 6.45) is 7.31. The van der Waals surface area contributed by atoms with Crippen molar-refractivity contribution >= 4 is 11.6 Å². The van der Waals surface area contributed by atoms with E-state index in [0.29, 0.717) is 67.3 Å². The lowest BCUT2D eigenvalue weighted by molar-refractivity contribution is -0.156. The van der Waals surface area contributed by atoms with E-state index in [1.54, 1.807) is 6.92 Å². The van der Waals surface area contributed by atoms with Gasteiger partial charge in [0.15, 0.2) is 0 Å². The molecule has 0 aromatic heterocycles. The van der Waals surface area contributed by atoms with Gasteiger partial charge in [-0.15, -0.1) is 0 Å². The highest BCUT2D eigenvalue weighted by Gasteiger charge is 2.67. The van der Waals surface area contributed by atoms with E-state index >= 15 is 0 Å². The molecule has 5 nitrogen and oxygen atoms in total. The van der Waals surface area contributed by atoms with Gasteiger partial charge in [-0.05, 0) is 80.6 Å². The molecule has 4 saturated carbocycles. The number of hydrogen-bond acceptors (Lipinski definition) is 5. The molecule has 1 heterocycles. The lowest BCUT2D eigenvalue weighted by Gasteiger charge is -2.59. The first-order valence-corrected chi connectivity index (χ1v) is 12.8. The van der Waals surface area contributed by atoms with Gasteiger partial charge in [-0.25, -0.2) is 0 Å². The van der Waals surface area contributed by atoms with Crippen LogP contribution in [0.5, 0.6) is 0 Å². The molecule has 4 aliphatic carbocycles. The van der Waals surface area contributed by atoms with Crippen molar-refractivity contribution in [2.45, 2.75) is 97.2 Å². The average molecular weight is 445 g/mol. The van der Waals surface area contributed by atoms with Gasteiger partial charge in [0.2, 0.25) is 0 Å². The summed E-state index contributed by atoms with van der Waals surface area (Å²) < 4.78 is 6.46. The maximum Gasteiger partial charge on any atom is 0.140 e. The molecule has 0 amide bonds. The third-order valence-corrected chi connectivity index (χ3v) is 10.8. The van der Waals surface area contributed by atoms with Crippen molar-refractivity contribution in [2.75, 3.05) is 6.61 Å². The number of rotatable bonds is 4. The molecule has 9 atom stereocenters. The van der Waals surface area contributed by atoms with E-state index in [2.05, 4.69) is 20.8 Å². The average Bonchev–Trinajstić information content (AvgIpc) is 3.22. The molecule has 5 heteroatoms. The van der Waals surface area contributed by atoms with Crippen LogP contribution in [0.3, 0.4) is 0 Å². The van der Waals surface area contributed by atoms with Crippen LogP contribution in [0, 0.1) is 40.4 Å². The van der Waals surface area contributed by atoms with Crippen LogP contribution < -0.4 is 0 Å². The molecule has 0 aromatic carbocycles. The fraction of sp³-hybridized carbons (Fsp3) is 0.852. The van der Waals surface area contributed by atoms with Gasteiger partial charge in [-0.1, -0.05) is 13.8 Å². The molecule has 0 saturated heterocycles. The Kier molecular flexibility index (Phi) is 5.22. The van der Waals surface area contributed by atoms with Crippen LogP contribution in [0.15, 0.2) is 11.3 Å². The zero-order valence-electron chi connectivity index (χ0n) is 20.2. The maximum absolute atomic E-state index is 13.9. The Morgan fingerprint density at radius 3 is 2.62 bits per heavy atom. The molecule has 0 aromatic rings. The molecule has 32 heavy (non-hydrogen) atoms. The van der Waals surface area contributed by atoms with Crippen molar-refractivity contribution in [2.24, 2.45) is 40.4 Å². The number of Topliss-reactive ketones (excluding diaryl/α,β-unsaturated/α-hetero) is 2. The molecule has 0 bridgehead atoms. The van der Waals surface area contributed by atoms with Crippen LogP contribution in [0.25, 0.3) is 0 Å². The lowest BCUT2D eigenvalue weighted by atomic mass is 9.44. The Bertz CT molecular complexity index is 858. The lowest BCUT2D eigenvalue weighted by Crippen LogP contribution is -2.56. The van der Waals surface area contributed by atoms with Crippen LogP contribution in [0.2, 0.25) is 0 Å². The van der Waals surface area contributed by atoms with Crippen molar-refractivity contribution in [1.82, 2.24) is 0 Å². The van der Waals surface area contributed by atoms with Crippen LogP contribution in [0.4, 0.5) is 0 Å². The van der Waals surface area contributed by atoms with E-state index in [1.165, 1.54) is 5.57 Å². The summed E-state index contributed by atoms with van der Waals surface area (Å²) in [5, 5.41) is 19.6. The van der Waals surface area contributed by atoms with Crippen molar-refractivity contribution < 1.29 is 24.5 Å².